The van der Waals surface area contributed by atoms with E-state index in [1.54, 1.807) is 6.08 Å². The highest BCUT2D eigenvalue weighted by atomic mass is 15.1. The maximum Gasteiger partial charge on any atom is 0.0468 e. The molecule has 2 aliphatic carbocycles. The number of benzene rings is 5. The lowest BCUT2D eigenvalue weighted by atomic mass is 9.68. The number of aryl methyl sites for hydroxylation is 1. The summed E-state index contributed by atoms with van der Waals surface area (Å²) in [7, 11) is 0. The number of rotatable bonds is 3. The van der Waals surface area contributed by atoms with Crippen molar-refractivity contribution in [2.24, 2.45) is 0 Å². The summed E-state index contributed by atoms with van der Waals surface area (Å²) in [5.74, 6) is 0. The zero-order valence-electron chi connectivity index (χ0n) is 30.8. The first kappa shape index (κ1) is 32.8. The molecule has 0 saturated carbocycles. The topological polar surface area (TPSA) is 3.24 Å². The summed E-state index contributed by atoms with van der Waals surface area (Å²) in [6.07, 6.45) is 1.75. The Balaban J connectivity index is 0.00000124. The summed E-state index contributed by atoms with van der Waals surface area (Å²) < 4.78 is 0. The van der Waals surface area contributed by atoms with Gasteiger partial charge in [0.05, 0.1) is 0 Å². The summed E-state index contributed by atoms with van der Waals surface area (Å²) in [5.41, 5.74) is 16.4. The number of hydrogen-bond donors (Lipinski definition) is 0. The van der Waals surface area contributed by atoms with Crippen molar-refractivity contribution in [3.05, 3.63) is 137 Å². The second-order valence-corrected chi connectivity index (χ2v) is 16.8. The zero-order chi connectivity index (χ0) is 34.3. The van der Waals surface area contributed by atoms with Gasteiger partial charge in [-0.15, -0.1) is 6.58 Å². The Morgan fingerprint density at radius 2 is 1.00 bits per heavy atom. The molecule has 7 rings (SSSR count). The fraction of sp³-hybridized carbons (Fsp3) is 0.348. The van der Waals surface area contributed by atoms with E-state index in [1.165, 1.54) is 77.9 Å². The molecule has 0 N–H and O–H groups in total. The molecule has 0 fully saturated rings. The largest absolute Gasteiger partial charge is 0.310 e. The number of allylic oxidation sites excluding steroid dienone is 1. The summed E-state index contributed by atoms with van der Waals surface area (Å²) in [4.78, 5) is 2.48. The highest BCUT2D eigenvalue weighted by Gasteiger charge is 2.45. The first-order valence-corrected chi connectivity index (χ1v) is 17.3. The molecule has 0 atom stereocenters. The van der Waals surface area contributed by atoms with E-state index in [2.05, 4.69) is 173 Å². The van der Waals surface area contributed by atoms with E-state index in [0.29, 0.717) is 0 Å². The SMILES string of the molecule is C=CC.Cc1cc2c3c4c(cccc14)C(C)(C)c1cc(N(c4ccc(C(C)(C)C)cc4)c4ccc(C(C)(C)C)cc4)cc(c1-3)C2(C)C. The summed E-state index contributed by atoms with van der Waals surface area (Å²) in [6.45, 7) is 31.0. The van der Waals surface area contributed by atoms with Crippen LogP contribution in [0.2, 0.25) is 0 Å². The molecule has 5 aromatic rings. The molecule has 5 aromatic carbocycles. The van der Waals surface area contributed by atoms with Crippen molar-refractivity contribution < 1.29 is 0 Å². The lowest BCUT2D eigenvalue weighted by Crippen LogP contribution is -2.25. The van der Waals surface area contributed by atoms with E-state index in [0.717, 1.165) is 0 Å². The maximum atomic E-state index is 3.36. The second-order valence-electron chi connectivity index (χ2n) is 16.8. The fourth-order valence-corrected chi connectivity index (χ4v) is 7.89. The molecule has 242 valence electrons. The van der Waals surface area contributed by atoms with Crippen LogP contribution in [0.15, 0.2) is 97.6 Å². The van der Waals surface area contributed by atoms with Gasteiger partial charge in [0.2, 0.25) is 0 Å². The molecule has 0 unspecified atom stereocenters. The highest BCUT2D eigenvalue weighted by Crippen LogP contribution is 2.61. The van der Waals surface area contributed by atoms with E-state index in [1.807, 2.05) is 6.92 Å². The minimum atomic E-state index is -0.129. The monoisotopic (exact) mass is 619 g/mol. The van der Waals surface area contributed by atoms with Crippen LogP contribution in [-0.2, 0) is 21.7 Å². The molecule has 0 heterocycles. The molecule has 1 nitrogen and oxygen atoms in total. The van der Waals surface area contributed by atoms with Crippen molar-refractivity contribution in [3.63, 3.8) is 0 Å². The van der Waals surface area contributed by atoms with Crippen LogP contribution in [0.5, 0.6) is 0 Å². The summed E-state index contributed by atoms with van der Waals surface area (Å²) in [6, 6.07) is 32.9. The molecule has 0 aliphatic heterocycles. The summed E-state index contributed by atoms with van der Waals surface area (Å²) in [5, 5.41) is 2.86. The van der Waals surface area contributed by atoms with Crippen LogP contribution in [0.25, 0.3) is 21.9 Å². The van der Waals surface area contributed by atoms with Crippen LogP contribution in [0.3, 0.4) is 0 Å². The van der Waals surface area contributed by atoms with Crippen molar-refractivity contribution in [1.82, 2.24) is 0 Å². The predicted octanol–water partition coefficient (Wildman–Crippen LogP) is 13.4. The number of hydrogen-bond acceptors (Lipinski definition) is 1. The molecule has 47 heavy (non-hydrogen) atoms. The smallest absolute Gasteiger partial charge is 0.0468 e. The first-order valence-electron chi connectivity index (χ1n) is 17.3. The van der Waals surface area contributed by atoms with Gasteiger partial charge < -0.3 is 4.90 Å². The molecule has 0 aromatic heterocycles. The number of nitrogens with zero attached hydrogens (tertiary/aromatic N) is 1. The molecule has 2 aliphatic rings. The Morgan fingerprint density at radius 3 is 1.45 bits per heavy atom. The lowest BCUT2D eigenvalue weighted by Gasteiger charge is -2.37. The van der Waals surface area contributed by atoms with Gasteiger partial charge in [-0.25, -0.2) is 0 Å². The van der Waals surface area contributed by atoms with E-state index in [4.69, 9.17) is 0 Å². The minimum Gasteiger partial charge on any atom is -0.310 e. The van der Waals surface area contributed by atoms with Crippen molar-refractivity contribution in [3.8, 4) is 11.1 Å². The zero-order valence-corrected chi connectivity index (χ0v) is 30.8. The van der Waals surface area contributed by atoms with E-state index < -0.39 is 0 Å². The van der Waals surface area contributed by atoms with Crippen molar-refractivity contribution in [2.75, 3.05) is 4.90 Å². The maximum absolute atomic E-state index is 3.36. The second kappa shape index (κ2) is 11.0. The molecule has 0 saturated heterocycles. The molecular weight excluding hydrogens is 567 g/mol. The van der Waals surface area contributed by atoms with Crippen LogP contribution in [0, 0.1) is 6.92 Å². The van der Waals surface area contributed by atoms with E-state index >= 15 is 0 Å². The Morgan fingerprint density at radius 1 is 0.574 bits per heavy atom. The Kier molecular flexibility index (Phi) is 7.67. The fourth-order valence-electron chi connectivity index (χ4n) is 7.89. The van der Waals surface area contributed by atoms with E-state index in [-0.39, 0.29) is 21.7 Å². The standard InChI is InChI=1S/C43H47N.C3H6/c1-26-23-34-39-37-32(26)13-12-14-33(37)42(8,9)35-24-31(25-36(38(35)39)43(34,10)11)44(29-19-15-27(16-20-29)40(2,3)4)30-21-17-28(18-22-30)41(5,6)7;1-3-2/h12-25H,1-11H3;3H,1H2,2H3. The van der Waals surface area contributed by atoms with Crippen molar-refractivity contribution in [2.45, 2.75) is 105 Å². The van der Waals surface area contributed by atoms with Gasteiger partial charge in [0.15, 0.2) is 0 Å². The minimum absolute atomic E-state index is 0.0975. The predicted molar refractivity (Wildman–Crippen MR) is 206 cm³/mol. The number of anilines is 3. The van der Waals surface area contributed by atoms with Crippen LogP contribution >= 0.6 is 0 Å². The van der Waals surface area contributed by atoms with Gasteiger partial charge >= 0.3 is 0 Å². The van der Waals surface area contributed by atoms with Gasteiger partial charge in [-0.3, -0.25) is 0 Å². The third-order valence-corrected chi connectivity index (χ3v) is 10.7. The highest BCUT2D eigenvalue weighted by molar-refractivity contribution is 6.09. The van der Waals surface area contributed by atoms with Crippen LogP contribution in [0.1, 0.15) is 115 Å². The molecule has 0 amide bonds. The lowest BCUT2D eigenvalue weighted by molar-refractivity contribution is 0.590. The van der Waals surface area contributed by atoms with Crippen LogP contribution in [0.4, 0.5) is 17.1 Å². The third-order valence-electron chi connectivity index (χ3n) is 10.7. The van der Waals surface area contributed by atoms with Crippen molar-refractivity contribution >= 4 is 27.8 Å². The summed E-state index contributed by atoms with van der Waals surface area (Å²) >= 11 is 0. The van der Waals surface area contributed by atoms with Gasteiger partial charge in [0.1, 0.15) is 0 Å². The Bertz CT molecular complexity index is 1950. The third kappa shape index (κ3) is 5.14. The average Bonchev–Trinajstić information content (AvgIpc) is 3.22. The Hall–Kier alpha value is -4.10. The van der Waals surface area contributed by atoms with Gasteiger partial charge in [0, 0.05) is 27.9 Å². The van der Waals surface area contributed by atoms with Crippen LogP contribution in [-0.4, -0.2) is 0 Å². The van der Waals surface area contributed by atoms with Gasteiger partial charge in [-0.2, -0.15) is 0 Å². The molecule has 0 radical (unpaired) electrons. The molecule has 0 spiro atoms. The average molecular weight is 620 g/mol. The van der Waals surface area contributed by atoms with Gasteiger partial charge in [0.25, 0.3) is 0 Å². The van der Waals surface area contributed by atoms with Gasteiger partial charge in [-0.05, 0) is 122 Å². The normalized spacial score (nSPS) is 15.2. The molecular formula is C46H53N. The molecule has 1 heteroatoms. The quantitative estimate of drug-likeness (QED) is 0.182. The van der Waals surface area contributed by atoms with Gasteiger partial charge in [-0.1, -0.05) is 124 Å². The van der Waals surface area contributed by atoms with Crippen LogP contribution < -0.4 is 4.90 Å². The molecule has 0 bridgehead atoms. The van der Waals surface area contributed by atoms with E-state index in [9.17, 15) is 0 Å². The first-order chi connectivity index (χ1) is 21.9. The van der Waals surface area contributed by atoms with Crippen molar-refractivity contribution in [1.29, 1.82) is 0 Å². The Labute approximate surface area is 284 Å².